The van der Waals surface area contributed by atoms with Crippen molar-refractivity contribution in [2.75, 3.05) is 6.61 Å². The molecule has 5 nitrogen and oxygen atoms in total. The molecule has 1 heterocycles. The van der Waals surface area contributed by atoms with Crippen LogP contribution in [0.15, 0.2) is 70.9 Å². The Balaban J connectivity index is 1.61. The highest BCUT2D eigenvalue weighted by Gasteiger charge is 2.30. The van der Waals surface area contributed by atoms with Gasteiger partial charge in [-0.05, 0) is 61.9 Å². The van der Waals surface area contributed by atoms with E-state index < -0.39 is 5.97 Å². The van der Waals surface area contributed by atoms with Crippen LogP contribution in [-0.2, 0) is 0 Å². The van der Waals surface area contributed by atoms with Gasteiger partial charge in [0.15, 0.2) is 5.76 Å². The molecule has 0 bridgehead atoms. The molecule has 0 spiro atoms. The van der Waals surface area contributed by atoms with E-state index in [4.69, 9.17) is 14.2 Å². The van der Waals surface area contributed by atoms with Crippen LogP contribution in [0.1, 0.15) is 38.8 Å². The first kappa shape index (κ1) is 20.9. The van der Waals surface area contributed by atoms with Crippen LogP contribution in [0.4, 0.5) is 0 Å². The lowest BCUT2D eigenvalue weighted by molar-refractivity contribution is 0.0734. The van der Waals surface area contributed by atoms with Crippen molar-refractivity contribution in [3.8, 4) is 17.2 Å². The summed E-state index contributed by atoms with van der Waals surface area (Å²) in [7, 11) is 0. The summed E-state index contributed by atoms with van der Waals surface area (Å²) < 4.78 is 17.8. The summed E-state index contributed by atoms with van der Waals surface area (Å²) >= 11 is 3.34. The first-order chi connectivity index (χ1) is 15.0. The topological polar surface area (TPSA) is 61.8 Å². The molecule has 0 aliphatic carbocycles. The van der Waals surface area contributed by atoms with E-state index in [2.05, 4.69) is 15.9 Å². The highest BCUT2D eigenvalue weighted by atomic mass is 79.9. The largest absolute Gasteiger partial charge is 0.493 e. The smallest absolute Gasteiger partial charge is 0.343 e. The zero-order chi connectivity index (χ0) is 22.0. The van der Waals surface area contributed by atoms with E-state index in [9.17, 15) is 9.59 Å². The zero-order valence-electron chi connectivity index (χ0n) is 17.0. The maximum Gasteiger partial charge on any atom is 0.343 e. The number of ketones is 1. The van der Waals surface area contributed by atoms with Crippen LogP contribution < -0.4 is 14.2 Å². The minimum atomic E-state index is -0.488. The van der Waals surface area contributed by atoms with Crippen molar-refractivity contribution in [2.45, 2.75) is 13.8 Å². The Bertz CT molecular complexity index is 1200. The fourth-order valence-electron chi connectivity index (χ4n) is 3.32. The van der Waals surface area contributed by atoms with E-state index in [1.807, 2.05) is 31.2 Å². The average molecular weight is 479 g/mol. The quantitative estimate of drug-likeness (QED) is 0.256. The maximum absolute atomic E-state index is 12.9. The molecule has 0 radical (unpaired) electrons. The Morgan fingerprint density at radius 2 is 1.84 bits per heavy atom. The molecule has 0 N–H and O–H groups in total. The molecule has 0 saturated carbocycles. The fourth-order valence-corrected chi connectivity index (χ4v) is 3.58. The number of esters is 1. The van der Waals surface area contributed by atoms with Gasteiger partial charge in [0.1, 0.15) is 17.2 Å². The summed E-state index contributed by atoms with van der Waals surface area (Å²) in [5, 5.41) is 0. The number of para-hydroxylation sites is 1. The van der Waals surface area contributed by atoms with Gasteiger partial charge in [-0.1, -0.05) is 34.1 Å². The highest BCUT2D eigenvalue weighted by molar-refractivity contribution is 9.10. The molecule has 0 aromatic heterocycles. The minimum absolute atomic E-state index is 0.196. The number of benzene rings is 3. The van der Waals surface area contributed by atoms with Crippen molar-refractivity contribution in [2.24, 2.45) is 0 Å². The van der Waals surface area contributed by atoms with Gasteiger partial charge in [-0.2, -0.15) is 0 Å². The van der Waals surface area contributed by atoms with Crippen LogP contribution in [-0.4, -0.2) is 18.4 Å². The van der Waals surface area contributed by atoms with Crippen molar-refractivity contribution in [1.82, 2.24) is 0 Å². The molecule has 0 atom stereocenters. The van der Waals surface area contributed by atoms with E-state index in [-0.39, 0.29) is 11.5 Å². The Labute approximate surface area is 188 Å². The second-order valence-electron chi connectivity index (χ2n) is 6.92. The van der Waals surface area contributed by atoms with Gasteiger partial charge in [0.2, 0.25) is 5.78 Å². The molecule has 0 unspecified atom stereocenters. The summed E-state index contributed by atoms with van der Waals surface area (Å²) in [5.74, 6) is 0.839. The molecule has 0 fully saturated rings. The fraction of sp³-hybridized carbons (Fsp3) is 0.120. The molecule has 6 heteroatoms. The van der Waals surface area contributed by atoms with Gasteiger partial charge in [-0.3, -0.25) is 4.79 Å². The van der Waals surface area contributed by atoms with Crippen LogP contribution in [0.3, 0.4) is 0 Å². The number of hydrogen-bond donors (Lipinski definition) is 0. The second-order valence-corrected chi connectivity index (χ2v) is 7.84. The summed E-state index contributed by atoms with van der Waals surface area (Å²) in [4.78, 5) is 25.4. The number of allylic oxidation sites excluding steroid dienone is 1. The molecule has 3 aromatic carbocycles. The molecular formula is C25H19BrO5. The van der Waals surface area contributed by atoms with Crippen molar-refractivity contribution in [3.63, 3.8) is 0 Å². The number of carbonyl (C=O) groups is 2. The third-order valence-electron chi connectivity index (χ3n) is 4.74. The lowest BCUT2D eigenvalue weighted by atomic mass is 10.0. The van der Waals surface area contributed by atoms with Crippen LogP contribution in [0.25, 0.3) is 6.08 Å². The lowest BCUT2D eigenvalue weighted by Crippen LogP contribution is -2.08. The van der Waals surface area contributed by atoms with Crippen molar-refractivity contribution >= 4 is 33.8 Å². The Kier molecular flexibility index (Phi) is 5.91. The predicted octanol–water partition coefficient (Wildman–Crippen LogP) is 5.99. The van der Waals surface area contributed by atoms with Crippen molar-refractivity contribution in [3.05, 3.63) is 93.1 Å². The second kappa shape index (κ2) is 8.78. The number of aryl methyl sites for hydroxylation is 1. The summed E-state index contributed by atoms with van der Waals surface area (Å²) in [6, 6.07) is 17.5. The van der Waals surface area contributed by atoms with Crippen LogP contribution in [0, 0.1) is 6.92 Å². The molecule has 4 rings (SSSR count). The minimum Gasteiger partial charge on any atom is -0.493 e. The maximum atomic E-state index is 12.9. The van der Waals surface area contributed by atoms with E-state index >= 15 is 0 Å². The summed E-state index contributed by atoms with van der Waals surface area (Å²) in [6.45, 7) is 4.20. The molecule has 0 saturated heterocycles. The van der Waals surface area contributed by atoms with E-state index in [1.165, 1.54) is 0 Å². The predicted molar refractivity (Wildman–Crippen MR) is 121 cm³/mol. The van der Waals surface area contributed by atoms with Crippen LogP contribution in [0.2, 0.25) is 0 Å². The third kappa shape index (κ3) is 4.39. The number of Topliss-reactive ketones (excluding diaryl/α,β-unsaturated/α-hetero) is 1. The monoisotopic (exact) mass is 478 g/mol. The number of ether oxygens (including phenoxy) is 3. The van der Waals surface area contributed by atoms with Gasteiger partial charge in [0, 0.05) is 16.1 Å². The molecule has 0 amide bonds. The van der Waals surface area contributed by atoms with E-state index in [1.54, 1.807) is 49.4 Å². The first-order valence-corrected chi connectivity index (χ1v) is 10.5. The van der Waals surface area contributed by atoms with Gasteiger partial charge in [-0.25, -0.2) is 4.79 Å². The number of carbonyl (C=O) groups excluding carboxylic acids is 2. The van der Waals surface area contributed by atoms with E-state index in [0.717, 1.165) is 10.0 Å². The van der Waals surface area contributed by atoms with Gasteiger partial charge >= 0.3 is 5.97 Å². The Morgan fingerprint density at radius 1 is 1.10 bits per heavy atom. The normalized spacial score (nSPS) is 13.6. The standard InChI is InChI=1S/C25H19BrO5/c1-3-29-20-7-5-4-6-17(20)13-22-24(27)23-15(2)12-19(14-21(23)31-22)30-25(28)16-8-10-18(26)11-9-16/h4-14H,3H2,1-2H3/b22-13-. The van der Waals surface area contributed by atoms with Gasteiger partial charge in [0.05, 0.1) is 17.7 Å². The first-order valence-electron chi connectivity index (χ1n) is 9.74. The van der Waals surface area contributed by atoms with Crippen LogP contribution >= 0.6 is 15.9 Å². The van der Waals surface area contributed by atoms with Crippen molar-refractivity contribution < 1.29 is 23.8 Å². The average Bonchev–Trinajstić information content (AvgIpc) is 3.05. The molecule has 156 valence electrons. The lowest BCUT2D eigenvalue weighted by Gasteiger charge is -2.08. The van der Waals surface area contributed by atoms with E-state index in [0.29, 0.717) is 40.5 Å². The molecule has 1 aliphatic heterocycles. The van der Waals surface area contributed by atoms with Crippen molar-refractivity contribution in [1.29, 1.82) is 0 Å². The Hall–Kier alpha value is -3.38. The van der Waals surface area contributed by atoms with Gasteiger partial charge < -0.3 is 14.2 Å². The molecule has 1 aliphatic rings. The number of fused-ring (bicyclic) bond motifs is 1. The summed E-state index contributed by atoms with van der Waals surface area (Å²) in [5.41, 5.74) is 2.30. The molecule has 31 heavy (non-hydrogen) atoms. The number of halogens is 1. The number of rotatable bonds is 5. The van der Waals surface area contributed by atoms with Gasteiger partial charge in [0.25, 0.3) is 0 Å². The number of hydrogen-bond acceptors (Lipinski definition) is 5. The molecule has 3 aromatic rings. The Morgan fingerprint density at radius 3 is 2.58 bits per heavy atom. The van der Waals surface area contributed by atoms with Crippen LogP contribution in [0.5, 0.6) is 17.2 Å². The molecular weight excluding hydrogens is 460 g/mol. The van der Waals surface area contributed by atoms with Gasteiger partial charge in [-0.15, -0.1) is 0 Å². The summed E-state index contributed by atoms with van der Waals surface area (Å²) in [6.07, 6.45) is 1.67. The zero-order valence-corrected chi connectivity index (χ0v) is 18.6. The SMILES string of the molecule is CCOc1ccccc1/C=C1\Oc2cc(OC(=O)c3ccc(Br)cc3)cc(C)c2C1=O. The third-order valence-corrected chi connectivity index (χ3v) is 5.27. The highest BCUT2D eigenvalue weighted by Crippen LogP contribution is 2.38.